The monoisotopic (exact) mass is 213 g/mol. The Morgan fingerprint density at radius 3 is 2.75 bits per heavy atom. The third kappa shape index (κ3) is 2.99. The second-order valence-electron chi connectivity index (χ2n) is 4.23. The minimum atomic E-state index is 1.02. The van der Waals surface area contributed by atoms with E-state index in [4.69, 9.17) is 0 Å². The third-order valence-electron chi connectivity index (χ3n) is 3.03. The largest absolute Gasteiger partial charge is 0.373 e. The maximum absolute atomic E-state index is 2.38. The second kappa shape index (κ2) is 5.55. The highest BCUT2D eigenvalue weighted by molar-refractivity contribution is 5.18. The van der Waals surface area contributed by atoms with Gasteiger partial charge < -0.3 is 4.90 Å². The Balaban J connectivity index is 1.94. The summed E-state index contributed by atoms with van der Waals surface area (Å²) in [4.78, 5) is 2.38. The van der Waals surface area contributed by atoms with Gasteiger partial charge in [0.2, 0.25) is 0 Å². The topological polar surface area (TPSA) is 3.24 Å². The Hall–Kier alpha value is -1.50. The fourth-order valence-electron chi connectivity index (χ4n) is 1.99. The van der Waals surface area contributed by atoms with E-state index in [-0.39, 0.29) is 0 Å². The smallest absolute Gasteiger partial charge is 0.0424 e. The number of nitrogens with zero attached hydrogens (tertiary/aromatic N) is 1. The molecule has 0 aliphatic carbocycles. The average Bonchev–Trinajstić information content (AvgIpc) is 2.56. The lowest BCUT2D eigenvalue weighted by molar-refractivity contribution is 0.374. The summed E-state index contributed by atoms with van der Waals surface area (Å²) in [5.41, 5.74) is 2.93. The predicted molar refractivity (Wildman–Crippen MR) is 69.0 cm³/mol. The van der Waals surface area contributed by atoms with Crippen molar-refractivity contribution in [3.05, 3.63) is 59.8 Å². The average molecular weight is 213 g/mol. The van der Waals surface area contributed by atoms with E-state index in [1.807, 2.05) is 0 Å². The maximum Gasteiger partial charge on any atom is 0.0424 e. The molecule has 1 aliphatic rings. The first-order valence-corrected chi connectivity index (χ1v) is 6.02. The van der Waals surface area contributed by atoms with Crippen molar-refractivity contribution in [3.63, 3.8) is 0 Å². The van der Waals surface area contributed by atoms with Crippen LogP contribution in [-0.2, 0) is 6.54 Å². The maximum atomic E-state index is 2.38. The molecule has 1 aromatic carbocycles. The standard InChI is InChI=1S/C15H19N/c1-2-14-9-6-11-16(12-10-14)13-15-7-4-3-5-8-15/h3-9,11H,2,10,12-13H2,1H3. The first-order valence-electron chi connectivity index (χ1n) is 6.02. The van der Waals surface area contributed by atoms with E-state index in [2.05, 4.69) is 60.5 Å². The lowest BCUT2D eigenvalue weighted by Crippen LogP contribution is -2.17. The van der Waals surface area contributed by atoms with Crippen LogP contribution in [0.25, 0.3) is 0 Å². The molecule has 0 bridgehead atoms. The van der Waals surface area contributed by atoms with E-state index in [1.54, 1.807) is 5.57 Å². The highest BCUT2D eigenvalue weighted by Gasteiger charge is 2.04. The van der Waals surface area contributed by atoms with Crippen molar-refractivity contribution in [1.82, 2.24) is 4.90 Å². The zero-order valence-corrected chi connectivity index (χ0v) is 9.89. The molecule has 1 aliphatic heterocycles. The molecule has 0 spiro atoms. The quantitative estimate of drug-likeness (QED) is 0.739. The predicted octanol–water partition coefficient (Wildman–Crippen LogP) is 3.74. The van der Waals surface area contributed by atoms with E-state index in [0.717, 1.165) is 13.1 Å². The van der Waals surface area contributed by atoms with Gasteiger partial charge in [-0.15, -0.1) is 0 Å². The summed E-state index contributed by atoms with van der Waals surface area (Å²) in [5.74, 6) is 0. The number of rotatable bonds is 3. The Bertz CT molecular complexity index is 376. The van der Waals surface area contributed by atoms with Crippen LogP contribution in [0.4, 0.5) is 0 Å². The van der Waals surface area contributed by atoms with Crippen LogP contribution in [-0.4, -0.2) is 11.4 Å². The van der Waals surface area contributed by atoms with Crippen LogP contribution in [0.2, 0.25) is 0 Å². The van der Waals surface area contributed by atoms with Crippen LogP contribution in [0, 0.1) is 0 Å². The molecule has 0 fully saturated rings. The number of allylic oxidation sites excluding steroid dienone is 2. The number of hydrogen-bond acceptors (Lipinski definition) is 1. The molecule has 1 nitrogen and oxygen atoms in total. The van der Waals surface area contributed by atoms with Gasteiger partial charge in [-0.25, -0.2) is 0 Å². The molecule has 0 saturated carbocycles. The summed E-state index contributed by atoms with van der Waals surface area (Å²) in [6.45, 7) is 4.37. The molecule has 0 N–H and O–H groups in total. The molecular weight excluding hydrogens is 194 g/mol. The van der Waals surface area contributed by atoms with Gasteiger partial charge in [0.1, 0.15) is 0 Å². The molecular formula is C15H19N. The van der Waals surface area contributed by atoms with Crippen molar-refractivity contribution in [2.24, 2.45) is 0 Å². The van der Waals surface area contributed by atoms with Crippen LogP contribution in [0.3, 0.4) is 0 Å². The van der Waals surface area contributed by atoms with Crippen LogP contribution in [0.5, 0.6) is 0 Å². The van der Waals surface area contributed by atoms with E-state index in [9.17, 15) is 0 Å². The zero-order valence-electron chi connectivity index (χ0n) is 9.89. The third-order valence-corrected chi connectivity index (χ3v) is 3.03. The molecule has 0 saturated heterocycles. The second-order valence-corrected chi connectivity index (χ2v) is 4.23. The van der Waals surface area contributed by atoms with E-state index < -0.39 is 0 Å². The van der Waals surface area contributed by atoms with Crippen molar-refractivity contribution in [2.45, 2.75) is 26.3 Å². The molecule has 16 heavy (non-hydrogen) atoms. The van der Waals surface area contributed by atoms with Gasteiger partial charge in [0.15, 0.2) is 0 Å². The molecule has 0 aromatic heterocycles. The van der Waals surface area contributed by atoms with Gasteiger partial charge in [-0.3, -0.25) is 0 Å². The molecule has 84 valence electrons. The first-order chi connectivity index (χ1) is 7.88. The van der Waals surface area contributed by atoms with Crippen molar-refractivity contribution >= 4 is 0 Å². The molecule has 0 unspecified atom stereocenters. The summed E-state index contributed by atoms with van der Waals surface area (Å²) >= 11 is 0. The van der Waals surface area contributed by atoms with Gasteiger partial charge in [0.25, 0.3) is 0 Å². The molecule has 0 radical (unpaired) electrons. The minimum Gasteiger partial charge on any atom is -0.373 e. The molecule has 0 atom stereocenters. The lowest BCUT2D eigenvalue weighted by atomic mass is 10.1. The van der Waals surface area contributed by atoms with Crippen LogP contribution in [0.15, 0.2) is 54.3 Å². The van der Waals surface area contributed by atoms with E-state index in [0.29, 0.717) is 0 Å². The van der Waals surface area contributed by atoms with Gasteiger partial charge >= 0.3 is 0 Å². The highest BCUT2D eigenvalue weighted by atomic mass is 15.1. The number of benzene rings is 1. The lowest BCUT2D eigenvalue weighted by Gasteiger charge is -2.19. The minimum absolute atomic E-state index is 1.02. The summed E-state index contributed by atoms with van der Waals surface area (Å²) in [5, 5.41) is 0. The van der Waals surface area contributed by atoms with E-state index in [1.165, 1.54) is 18.4 Å². The SMILES string of the molecule is CCC1=CC=CN(Cc2ccccc2)CC1. The zero-order chi connectivity index (χ0) is 11.2. The van der Waals surface area contributed by atoms with Crippen LogP contribution < -0.4 is 0 Å². The Kier molecular flexibility index (Phi) is 3.81. The normalized spacial score (nSPS) is 15.8. The molecule has 1 heteroatoms. The van der Waals surface area contributed by atoms with Crippen LogP contribution in [0.1, 0.15) is 25.3 Å². The van der Waals surface area contributed by atoms with Crippen molar-refractivity contribution in [3.8, 4) is 0 Å². The van der Waals surface area contributed by atoms with Crippen molar-refractivity contribution in [1.29, 1.82) is 0 Å². The summed E-state index contributed by atoms with van der Waals surface area (Å²) in [6, 6.07) is 10.7. The molecule has 2 rings (SSSR count). The summed E-state index contributed by atoms with van der Waals surface area (Å²) in [6.07, 6.45) is 9.00. The molecule has 1 heterocycles. The van der Waals surface area contributed by atoms with Gasteiger partial charge in [-0.2, -0.15) is 0 Å². The van der Waals surface area contributed by atoms with Gasteiger partial charge in [0.05, 0.1) is 0 Å². The highest BCUT2D eigenvalue weighted by Crippen LogP contribution is 2.14. The van der Waals surface area contributed by atoms with Gasteiger partial charge in [0, 0.05) is 13.1 Å². The summed E-state index contributed by atoms with van der Waals surface area (Å²) < 4.78 is 0. The summed E-state index contributed by atoms with van der Waals surface area (Å²) in [7, 11) is 0. The first kappa shape index (κ1) is 11.0. The van der Waals surface area contributed by atoms with Crippen molar-refractivity contribution < 1.29 is 0 Å². The Labute approximate surface area is 98.1 Å². The van der Waals surface area contributed by atoms with Gasteiger partial charge in [-0.05, 0) is 30.7 Å². The number of hydrogen-bond donors (Lipinski definition) is 0. The fourth-order valence-corrected chi connectivity index (χ4v) is 1.99. The van der Waals surface area contributed by atoms with Gasteiger partial charge in [-0.1, -0.05) is 48.9 Å². The van der Waals surface area contributed by atoms with E-state index >= 15 is 0 Å². The van der Waals surface area contributed by atoms with Crippen molar-refractivity contribution in [2.75, 3.05) is 6.54 Å². The fraction of sp³-hybridized carbons (Fsp3) is 0.333. The van der Waals surface area contributed by atoms with Crippen LogP contribution >= 0.6 is 0 Å². The molecule has 1 aromatic rings. The molecule has 0 amide bonds. The Morgan fingerprint density at radius 1 is 1.19 bits per heavy atom. The Morgan fingerprint density at radius 2 is 2.00 bits per heavy atom.